The van der Waals surface area contributed by atoms with Gasteiger partial charge in [0.1, 0.15) is 0 Å². The molecule has 4 rings (SSSR count). The summed E-state index contributed by atoms with van der Waals surface area (Å²) in [6.07, 6.45) is 2.19. The monoisotopic (exact) mass is 489 g/mol. The minimum Gasteiger partial charge on any atom is -0.381 e. The van der Waals surface area contributed by atoms with Gasteiger partial charge in [0.05, 0.1) is 5.41 Å². The fourth-order valence-electron chi connectivity index (χ4n) is 4.90. The summed E-state index contributed by atoms with van der Waals surface area (Å²) in [5.74, 6) is 0.0442. The van der Waals surface area contributed by atoms with E-state index in [0.29, 0.717) is 42.6 Å². The molecular formula is C26H33Cl2N3O2. The molecule has 0 bridgehead atoms. The summed E-state index contributed by atoms with van der Waals surface area (Å²) in [6, 6.07) is 16.1. The Morgan fingerprint density at radius 1 is 0.970 bits per heavy atom. The Morgan fingerprint density at radius 3 is 2.36 bits per heavy atom. The van der Waals surface area contributed by atoms with Gasteiger partial charge in [0.2, 0.25) is 5.91 Å². The lowest BCUT2D eigenvalue weighted by Gasteiger charge is -2.37. The van der Waals surface area contributed by atoms with Crippen LogP contribution in [-0.4, -0.2) is 68.2 Å². The topological polar surface area (TPSA) is 44.8 Å². The summed E-state index contributed by atoms with van der Waals surface area (Å²) in [5.41, 5.74) is 1.57. The molecule has 0 spiro atoms. The molecule has 2 heterocycles. The molecule has 2 fully saturated rings. The zero-order valence-electron chi connectivity index (χ0n) is 19.1. The molecule has 0 radical (unpaired) electrons. The predicted octanol–water partition coefficient (Wildman–Crippen LogP) is 4.37. The molecule has 0 atom stereocenters. The van der Waals surface area contributed by atoms with E-state index in [1.807, 2.05) is 12.1 Å². The highest BCUT2D eigenvalue weighted by Gasteiger charge is 2.42. The molecule has 2 aliphatic rings. The molecule has 1 N–H and O–H groups in total. The third-order valence-corrected chi connectivity index (χ3v) is 7.43. The Bertz CT molecular complexity index is 911. The van der Waals surface area contributed by atoms with Crippen LogP contribution >= 0.6 is 23.2 Å². The third kappa shape index (κ3) is 6.28. The number of carbonyl (C=O) groups excluding carboxylic acids is 1. The van der Waals surface area contributed by atoms with Crippen LogP contribution in [0, 0.1) is 0 Å². The van der Waals surface area contributed by atoms with Crippen molar-refractivity contribution in [3.63, 3.8) is 0 Å². The smallest absolute Gasteiger partial charge is 0.230 e. The molecule has 0 aromatic heterocycles. The Labute approximate surface area is 207 Å². The minimum absolute atomic E-state index is 0.0442. The van der Waals surface area contributed by atoms with E-state index < -0.39 is 5.41 Å². The van der Waals surface area contributed by atoms with Crippen LogP contribution in [0.2, 0.25) is 10.0 Å². The van der Waals surface area contributed by atoms with Crippen molar-refractivity contribution < 1.29 is 9.53 Å². The van der Waals surface area contributed by atoms with Crippen molar-refractivity contribution >= 4 is 29.1 Å². The van der Waals surface area contributed by atoms with E-state index in [4.69, 9.17) is 27.9 Å². The van der Waals surface area contributed by atoms with Crippen molar-refractivity contribution in [1.29, 1.82) is 0 Å². The highest BCUT2D eigenvalue weighted by molar-refractivity contribution is 6.35. The highest BCUT2D eigenvalue weighted by atomic mass is 35.5. The molecule has 1 amide bonds. The van der Waals surface area contributed by atoms with Crippen molar-refractivity contribution in [1.82, 2.24) is 15.1 Å². The Hall–Kier alpha value is -1.63. The van der Waals surface area contributed by atoms with Gasteiger partial charge in [-0.2, -0.15) is 0 Å². The average Bonchev–Trinajstić information content (AvgIpc) is 2.84. The summed E-state index contributed by atoms with van der Waals surface area (Å²) in [4.78, 5) is 18.4. The second-order valence-electron chi connectivity index (χ2n) is 9.03. The number of halogens is 2. The van der Waals surface area contributed by atoms with Gasteiger partial charge in [-0.15, -0.1) is 0 Å². The van der Waals surface area contributed by atoms with E-state index >= 15 is 0 Å². The van der Waals surface area contributed by atoms with Crippen LogP contribution in [0.15, 0.2) is 48.5 Å². The first kappa shape index (κ1) is 24.5. The Morgan fingerprint density at radius 2 is 1.67 bits per heavy atom. The van der Waals surface area contributed by atoms with E-state index in [-0.39, 0.29) is 5.91 Å². The van der Waals surface area contributed by atoms with Crippen molar-refractivity contribution in [2.75, 3.05) is 52.5 Å². The summed E-state index contributed by atoms with van der Waals surface area (Å²) in [7, 11) is 0. The summed E-state index contributed by atoms with van der Waals surface area (Å²) >= 11 is 12.6. The molecular weight excluding hydrogens is 457 g/mol. The lowest BCUT2D eigenvalue weighted by Crippen LogP contribution is -2.49. The average molecular weight is 490 g/mol. The molecule has 2 aliphatic heterocycles. The van der Waals surface area contributed by atoms with E-state index in [0.717, 1.165) is 51.3 Å². The number of nitrogens with zero attached hydrogens (tertiary/aromatic N) is 2. The molecule has 178 valence electrons. The summed E-state index contributed by atoms with van der Waals surface area (Å²) in [6.45, 7) is 8.10. The van der Waals surface area contributed by atoms with Crippen molar-refractivity contribution in [3.05, 3.63) is 69.7 Å². The molecule has 7 heteroatoms. The van der Waals surface area contributed by atoms with Crippen LogP contribution < -0.4 is 5.32 Å². The summed E-state index contributed by atoms with van der Waals surface area (Å²) in [5, 5.41) is 4.32. The van der Waals surface area contributed by atoms with Gasteiger partial charge >= 0.3 is 0 Å². The quantitative estimate of drug-likeness (QED) is 0.559. The number of nitrogens with one attached hydrogen (secondary N) is 1. The van der Waals surface area contributed by atoms with E-state index in [9.17, 15) is 4.79 Å². The zero-order chi connectivity index (χ0) is 23.1. The van der Waals surface area contributed by atoms with Crippen LogP contribution in [0.1, 0.15) is 30.4 Å². The number of rotatable bonds is 8. The lowest BCUT2D eigenvalue weighted by atomic mass is 9.73. The van der Waals surface area contributed by atoms with E-state index in [1.54, 1.807) is 6.07 Å². The van der Waals surface area contributed by atoms with Gasteiger partial charge < -0.3 is 15.0 Å². The second kappa shape index (κ2) is 11.7. The van der Waals surface area contributed by atoms with Crippen LogP contribution in [0.5, 0.6) is 0 Å². The number of hydrogen-bond donors (Lipinski definition) is 1. The lowest BCUT2D eigenvalue weighted by molar-refractivity contribution is -0.130. The maximum atomic E-state index is 13.3. The van der Waals surface area contributed by atoms with Crippen molar-refractivity contribution in [3.8, 4) is 0 Å². The maximum absolute atomic E-state index is 13.3. The fraction of sp³-hybridized carbons (Fsp3) is 0.500. The van der Waals surface area contributed by atoms with Gasteiger partial charge in [0, 0.05) is 62.5 Å². The normalized spacial score (nSPS) is 19.3. The molecule has 2 saturated heterocycles. The third-order valence-electron chi connectivity index (χ3n) is 6.88. The van der Waals surface area contributed by atoms with Crippen molar-refractivity contribution in [2.45, 2.75) is 31.2 Å². The van der Waals surface area contributed by atoms with Crippen LogP contribution in [0.3, 0.4) is 0 Å². The first-order valence-corrected chi connectivity index (χ1v) is 12.6. The Kier molecular flexibility index (Phi) is 8.67. The molecule has 0 saturated carbocycles. The number of benzene rings is 2. The number of piperazine rings is 1. The van der Waals surface area contributed by atoms with Crippen molar-refractivity contribution in [2.24, 2.45) is 0 Å². The second-order valence-corrected chi connectivity index (χ2v) is 9.88. The zero-order valence-corrected chi connectivity index (χ0v) is 20.6. The van der Waals surface area contributed by atoms with Crippen LogP contribution in [-0.2, 0) is 21.5 Å². The van der Waals surface area contributed by atoms with E-state index in [2.05, 4.69) is 45.4 Å². The largest absolute Gasteiger partial charge is 0.381 e. The van der Waals surface area contributed by atoms with Crippen LogP contribution in [0.25, 0.3) is 0 Å². The van der Waals surface area contributed by atoms with Gasteiger partial charge in [-0.1, -0.05) is 59.6 Å². The summed E-state index contributed by atoms with van der Waals surface area (Å²) < 4.78 is 5.55. The molecule has 0 unspecified atom stereocenters. The first-order chi connectivity index (χ1) is 16.1. The molecule has 2 aromatic rings. The molecule has 33 heavy (non-hydrogen) atoms. The first-order valence-electron chi connectivity index (χ1n) is 11.9. The number of amides is 1. The Balaban J connectivity index is 1.24. The van der Waals surface area contributed by atoms with Gasteiger partial charge in [-0.3, -0.25) is 9.69 Å². The van der Waals surface area contributed by atoms with Gasteiger partial charge in [-0.05, 0) is 49.1 Å². The highest BCUT2D eigenvalue weighted by Crippen LogP contribution is 2.39. The van der Waals surface area contributed by atoms with Gasteiger partial charge in [0.15, 0.2) is 0 Å². The van der Waals surface area contributed by atoms with E-state index in [1.165, 1.54) is 5.56 Å². The van der Waals surface area contributed by atoms with Crippen LogP contribution in [0.4, 0.5) is 0 Å². The van der Waals surface area contributed by atoms with Gasteiger partial charge in [-0.25, -0.2) is 0 Å². The fourth-order valence-corrected chi connectivity index (χ4v) is 5.49. The number of ether oxygens (including phenoxy) is 1. The number of hydrogen-bond acceptors (Lipinski definition) is 4. The molecule has 2 aromatic carbocycles. The van der Waals surface area contributed by atoms with Gasteiger partial charge in [0.25, 0.3) is 0 Å². The molecule has 5 nitrogen and oxygen atoms in total. The minimum atomic E-state index is -0.650. The number of carbonyl (C=O) groups is 1. The maximum Gasteiger partial charge on any atom is 0.230 e. The predicted molar refractivity (Wildman–Crippen MR) is 134 cm³/mol. The molecule has 0 aliphatic carbocycles. The SMILES string of the molecule is O=C(NCCCN1CCN(Cc2ccccc2)CC1)C1(c2ccc(Cl)cc2Cl)CCOCC1. The standard InChI is InChI=1S/C26H33Cl2N3O2/c27-22-7-8-23(24(28)19-22)26(9-17-33-18-10-26)25(32)29-11-4-12-30-13-15-31(16-14-30)20-21-5-2-1-3-6-21/h1-3,5-8,19H,4,9-18,20H2,(H,29,32).